The standard InChI is InChI=1S/C25H25I2N5O3/c1-32(2)23(28)17-5-7-18(8-6-17)24(33)31-22-19(10-16(13-27)11-20(22)35-3)25(34)30-21-9-4-15(12-26)14-29-21/h4-11,14,28H,12-13H2,1-3H3,(H,31,33)(H,29,30,34). The molecular formula is C25H25I2N5O3. The molecule has 3 N–H and O–H groups in total. The zero-order valence-corrected chi connectivity index (χ0v) is 23.8. The Hall–Kier alpha value is -2.74. The average molecular weight is 697 g/mol. The zero-order chi connectivity index (χ0) is 25.5. The molecule has 0 unspecified atom stereocenters. The lowest BCUT2D eigenvalue weighted by Gasteiger charge is -2.17. The number of amides is 2. The number of benzene rings is 2. The topological polar surface area (TPSA) is 107 Å². The first-order valence-corrected chi connectivity index (χ1v) is 13.6. The number of carbonyl (C=O) groups excluding carboxylic acids is 2. The van der Waals surface area contributed by atoms with Crippen LogP contribution in [0.1, 0.15) is 37.4 Å². The lowest BCUT2D eigenvalue weighted by Crippen LogP contribution is -2.22. The molecule has 0 fully saturated rings. The summed E-state index contributed by atoms with van der Waals surface area (Å²) in [5.41, 5.74) is 3.56. The van der Waals surface area contributed by atoms with Crippen LogP contribution in [0.3, 0.4) is 0 Å². The molecule has 0 saturated heterocycles. The summed E-state index contributed by atoms with van der Waals surface area (Å²) in [4.78, 5) is 32.3. The van der Waals surface area contributed by atoms with Gasteiger partial charge in [0.15, 0.2) is 0 Å². The molecule has 3 rings (SSSR count). The molecule has 2 amide bonds. The van der Waals surface area contributed by atoms with E-state index in [9.17, 15) is 9.59 Å². The first-order chi connectivity index (χ1) is 16.8. The summed E-state index contributed by atoms with van der Waals surface area (Å²) in [6, 6.07) is 13.9. The maximum Gasteiger partial charge on any atom is 0.259 e. The number of rotatable bonds is 8. The van der Waals surface area contributed by atoms with Crippen LogP contribution in [-0.2, 0) is 8.86 Å². The third-order valence-corrected chi connectivity index (χ3v) is 6.87. The van der Waals surface area contributed by atoms with Crippen LogP contribution in [0, 0.1) is 5.41 Å². The van der Waals surface area contributed by atoms with Crippen molar-refractivity contribution in [2.75, 3.05) is 31.8 Å². The van der Waals surface area contributed by atoms with Crippen LogP contribution in [-0.4, -0.2) is 48.7 Å². The van der Waals surface area contributed by atoms with Crippen molar-refractivity contribution < 1.29 is 14.3 Å². The third-order valence-electron chi connectivity index (χ3n) is 5.11. The number of halogens is 2. The van der Waals surface area contributed by atoms with Gasteiger partial charge in [0.25, 0.3) is 11.8 Å². The van der Waals surface area contributed by atoms with Crippen LogP contribution < -0.4 is 15.4 Å². The summed E-state index contributed by atoms with van der Waals surface area (Å²) in [7, 11) is 5.07. The molecule has 2 aromatic carbocycles. The van der Waals surface area contributed by atoms with Gasteiger partial charge in [-0.15, -0.1) is 0 Å². The summed E-state index contributed by atoms with van der Waals surface area (Å²) < 4.78 is 7.00. The molecule has 0 radical (unpaired) electrons. The van der Waals surface area contributed by atoms with Gasteiger partial charge in [-0.1, -0.05) is 63.4 Å². The second kappa shape index (κ2) is 12.3. The average Bonchev–Trinajstić information content (AvgIpc) is 2.88. The Kier molecular flexibility index (Phi) is 9.43. The molecule has 8 nitrogen and oxygen atoms in total. The highest BCUT2D eigenvalue weighted by Gasteiger charge is 2.21. The lowest BCUT2D eigenvalue weighted by molar-refractivity contribution is 0.102. The third kappa shape index (κ3) is 6.69. The predicted molar refractivity (Wildman–Crippen MR) is 156 cm³/mol. The van der Waals surface area contributed by atoms with Crippen molar-refractivity contribution in [3.63, 3.8) is 0 Å². The van der Waals surface area contributed by atoms with Crippen LogP contribution in [0.25, 0.3) is 0 Å². The van der Waals surface area contributed by atoms with Gasteiger partial charge in [-0.05, 0) is 41.5 Å². The molecule has 1 heterocycles. The van der Waals surface area contributed by atoms with E-state index in [0.717, 1.165) is 15.6 Å². The summed E-state index contributed by atoms with van der Waals surface area (Å²) in [6.45, 7) is 0. The normalized spacial score (nSPS) is 10.4. The molecule has 3 aromatic rings. The van der Waals surface area contributed by atoms with Crippen molar-refractivity contribution in [3.05, 3.63) is 82.5 Å². The van der Waals surface area contributed by atoms with Crippen LogP contribution in [0.15, 0.2) is 54.7 Å². The number of anilines is 2. The number of methoxy groups -OCH3 is 1. The van der Waals surface area contributed by atoms with E-state index in [1.807, 2.05) is 6.07 Å². The number of hydrogen-bond donors (Lipinski definition) is 3. The number of aromatic nitrogens is 1. The van der Waals surface area contributed by atoms with Gasteiger partial charge in [-0.2, -0.15) is 0 Å². The van der Waals surface area contributed by atoms with E-state index in [1.54, 1.807) is 67.7 Å². The Morgan fingerprint density at radius 3 is 2.14 bits per heavy atom. The lowest BCUT2D eigenvalue weighted by atomic mass is 10.1. The van der Waals surface area contributed by atoms with Crippen molar-refractivity contribution in [2.24, 2.45) is 0 Å². The van der Waals surface area contributed by atoms with Crippen molar-refractivity contribution >= 4 is 74.3 Å². The highest BCUT2D eigenvalue weighted by Crippen LogP contribution is 2.32. The SMILES string of the molecule is COc1cc(CI)cc(C(=O)Nc2ccc(CI)cn2)c1NC(=O)c1ccc(C(=N)N(C)C)cc1. The summed E-state index contributed by atoms with van der Waals surface area (Å²) in [5.74, 6) is 0.337. The first-order valence-electron chi connectivity index (χ1n) is 10.5. The van der Waals surface area contributed by atoms with E-state index in [-0.39, 0.29) is 11.3 Å². The predicted octanol–water partition coefficient (Wildman–Crippen LogP) is 5.35. The minimum absolute atomic E-state index is 0.273. The number of amidine groups is 1. The maximum atomic E-state index is 13.2. The van der Waals surface area contributed by atoms with E-state index < -0.39 is 11.8 Å². The quantitative estimate of drug-likeness (QED) is 0.127. The Morgan fingerprint density at radius 1 is 0.943 bits per heavy atom. The summed E-state index contributed by atoms with van der Waals surface area (Å²) in [6.07, 6.45) is 1.71. The van der Waals surface area contributed by atoms with Gasteiger partial charge in [-0.25, -0.2) is 4.98 Å². The molecule has 0 saturated carbocycles. The fourth-order valence-electron chi connectivity index (χ4n) is 3.20. The van der Waals surface area contributed by atoms with Gasteiger partial charge in [0.05, 0.1) is 18.4 Å². The molecule has 1 aromatic heterocycles. The van der Waals surface area contributed by atoms with E-state index in [2.05, 4.69) is 60.8 Å². The van der Waals surface area contributed by atoms with E-state index >= 15 is 0 Å². The minimum atomic E-state index is -0.408. The number of hydrogen-bond acceptors (Lipinski definition) is 5. The molecule has 0 spiro atoms. The number of ether oxygens (including phenoxy) is 1. The second-order valence-corrected chi connectivity index (χ2v) is 9.29. The Labute approximate surface area is 231 Å². The van der Waals surface area contributed by atoms with Crippen molar-refractivity contribution in [2.45, 2.75) is 8.86 Å². The molecule has 0 aliphatic heterocycles. The van der Waals surface area contributed by atoms with Crippen LogP contribution in [0.5, 0.6) is 5.75 Å². The smallest absolute Gasteiger partial charge is 0.259 e. The number of nitrogens with one attached hydrogen (secondary N) is 3. The van der Waals surface area contributed by atoms with Crippen molar-refractivity contribution in [1.29, 1.82) is 5.41 Å². The van der Waals surface area contributed by atoms with E-state index in [0.29, 0.717) is 33.0 Å². The minimum Gasteiger partial charge on any atom is -0.495 e. The van der Waals surface area contributed by atoms with E-state index in [1.165, 1.54) is 7.11 Å². The molecule has 0 atom stereocenters. The number of nitrogens with zero attached hydrogens (tertiary/aromatic N) is 2. The summed E-state index contributed by atoms with van der Waals surface area (Å²) in [5, 5.41) is 13.7. The van der Waals surface area contributed by atoms with Gasteiger partial charge >= 0.3 is 0 Å². The molecule has 0 aliphatic rings. The maximum absolute atomic E-state index is 13.2. The van der Waals surface area contributed by atoms with Gasteiger partial charge in [-0.3, -0.25) is 15.0 Å². The van der Waals surface area contributed by atoms with Gasteiger partial charge in [0.2, 0.25) is 0 Å². The van der Waals surface area contributed by atoms with Crippen molar-refractivity contribution in [3.8, 4) is 5.75 Å². The van der Waals surface area contributed by atoms with Crippen LogP contribution >= 0.6 is 45.2 Å². The Morgan fingerprint density at radius 2 is 1.60 bits per heavy atom. The number of alkyl halides is 2. The monoisotopic (exact) mass is 697 g/mol. The van der Waals surface area contributed by atoms with Gasteiger partial charge in [0.1, 0.15) is 17.4 Å². The Balaban J connectivity index is 1.92. The van der Waals surface area contributed by atoms with E-state index in [4.69, 9.17) is 10.1 Å². The van der Waals surface area contributed by atoms with Gasteiger partial charge in [0, 0.05) is 40.3 Å². The number of carbonyl (C=O) groups is 2. The highest BCUT2D eigenvalue weighted by molar-refractivity contribution is 14.1. The largest absolute Gasteiger partial charge is 0.495 e. The van der Waals surface area contributed by atoms with Gasteiger partial charge < -0.3 is 20.3 Å². The fraction of sp³-hybridized carbons (Fsp3) is 0.200. The highest BCUT2D eigenvalue weighted by atomic mass is 127. The zero-order valence-electron chi connectivity index (χ0n) is 19.5. The molecule has 0 aliphatic carbocycles. The number of pyridine rings is 1. The van der Waals surface area contributed by atoms with Crippen molar-refractivity contribution in [1.82, 2.24) is 9.88 Å². The fourth-order valence-corrected chi connectivity index (χ4v) is 4.09. The Bertz CT molecular complexity index is 1230. The van der Waals surface area contributed by atoms with Crippen LogP contribution in [0.2, 0.25) is 0 Å². The molecular weight excluding hydrogens is 672 g/mol. The van der Waals surface area contributed by atoms with Crippen LogP contribution in [0.4, 0.5) is 11.5 Å². The second-order valence-electron chi connectivity index (χ2n) is 7.77. The molecule has 10 heteroatoms. The molecule has 0 bridgehead atoms. The molecule has 182 valence electrons. The molecule has 35 heavy (non-hydrogen) atoms. The summed E-state index contributed by atoms with van der Waals surface area (Å²) >= 11 is 4.46. The first kappa shape index (κ1) is 26.9.